The Kier molecular flexibility index (Phi) is 9.97. The highest BCUT2D eigenvalue weighted by Gasteiger charge is 2.03. The minimum absolute atomic E-state index is 0.614. The summed E-state index contributed by atoms with van der Waals surface area (Å²) in [6, 6.07) is 0. The van der Waals surface area contributed by atoms with E-state index in [-0.39, 0.29) is 0 Å². The van der Waals surface area contributed by atoms with Crippen LogP contribution in [0, 0.1) is 3.14 Å². The third-order valence-electron chi connectivity index (χ3n) is 1.80. The standard InChI is InChI=1S/C10H16O3S5/c1-11-2-3-12-4-5-13-6-7-16-9-8(14)17-10(15)18-9/h14H,2-7H2,1H3. The Labute approximate surface area is 130 Å². The maximum absolute atomic E-state index is 5.45. The molecule has 0 fully saturated rings. The molecule has 0 amide bonds. The van der Waals surface area contributed by atoms with Crippen LogP contribution in [0.2, 0.25) is 0 Å². The van der Waals surface area contributed by atoms with Gasteiger partial charge in [-0.2, -0.15) is 0 Å². The van der Waals surface area contributed by atoms with Crippen molar-refractivity contribution in [3.05, 3.63) is 3.14 Å². The predicted octanol–water partition coefficient (Wildman–Crippen LogP) is 3.60. The van der Waals surface area contributed by atoms with Gasteiger partial charge in [0, 0.05) is 12.9 Å². The van der Waals surface area contributed by atoms with E-state index < -0.39 is 0 Å². The molecular weight excluding hydrogens is 328 g/mol. The second-order valence-corrected chi connectivity index (χ2v) is 8.45. The topological polar surface area (TPSA) is 27.7 Å². The maximum Gasteiger partial charge on any atom is 0.145 e. The van der Waals surface area contributed by atoms with E-state index in [9.17, 15) is 0 Å². The van der Waals surface area contributed by atoms with Crippen molar-refractivity contribution in [2.45, 2.75) is 8.42 Å². The molecule has 3 nitrogen and oxygen atoms in total. The Morgan fingerprint density at radius 1 is 1.11 bits per heavy atom. The normalized spacial score (nSPS) is 11.0. The van der Waals surface area contributed by atoms with Crippen molar-refractivity contribution in [2.75, 3.05) is 45.9 Å². The number of methoxy groups -OCH3 is 1. The Hall–Kier alpha value is 0.850. The molecule has 1 aromatic rings. The highest BCUT2D eigenvalue weighted by atomic mass is 32.2. The number of thioether (sulfide) groups is 1. The van der Waals surface area contributed by atoms with Gasteiger partial charge in [0.15, 0.2) is 0 Å². The summed E-state index contributed by atoms with van der Waals surface area (Å²) in [6.07, 6.45) is 0. The molecule has 0 spiro atoms. The molecule has 0 N–H and O–H groups in total. The molecule has 0 aliphatic rings. The van der Waals surface area contributed by atoms with E-state index in [4.69, 9.17) is 26.4 Å². The summed E-state index contributed by atoms with van der Waals surface area (Å²) in [5.74, 6) is 0.910. The van der Waals surface area contributed by atoms with Crippen molar-refractivity contribution in [1.82, 2.24) is 0 Å². The van der Waals surface area contributed by atoms with Crippen LogP contribution in [-0.4, -0.2) is 45.9 Å². The zero-order valence-electron chi connectivity index (χ0n) is 10.0. The molecule has 0 radical (unpaired) electrons. The van der Waals surface area contributed by atoms with Crippen LogP contribution in [0.3, 0.4) is 0 Å². The van der Waals surface area contributed by atoms with E-state index in [1.165, 1.54) is 4.21 Å². The Morgan fingerprint density at radius 3 is 2.39 bits per heavy atom. The average molecular weight is 345 g/mol. The van der Waals surface area contributed by atoms with Crippen molar-refractivity contribution in [1.29, 1.82) is 0 Å². The fraction of sp³-hybridized carbons (Fsp3) is 0.700. The van der Waals surface area contributed by atoms with Crippen LogP contribution < -0.4 is 0 Å². The van der Waals surface area contributed by atoms with Gasteiger partial charge < -0.3 is 14.2 Å². The van der Waals surface area contributed by atoms with E-state index in [1.54, 1.807) is 41.5 Å². The number of rotatable bonds is 10. The quantitative estimate of drug-likeness (QED) is 0.303. The van der Waals surface area contributed by atoms with Crippen LogP contribution in [0.25, 0.3) is 0 Å². The van der Waals surface area contributed by atoms with Crippen LogP contribution in [0.1, 0.15) is 0 Å². The summed E-state index contributed by atoms with van der Waals surface area (Å²) in [7, 11) is 1.66. The minimum Gasteiger partial charge on any atom is -0.382 e. The molecular formula is C10H16O3S5. The van der Waals surface area contributed by atoms with Gasteiger partial charge in [-0.15, -0.1) is 47.1 Å². The van der Waals surface area contributed by atoms with Gasteiger partial charge in [-0.1, -0.05) is 12.2 Å². The molecule has 8 heteroatoms. The molecule has 0 saturated carbocycles. The molecule has 0 aliphatic heterocycles. The zero-order chi connectivity index (χ0) is 13.2. The van der Waals surface area contributed by atoms with E-state index in [0.29, 0.717) is 33.0 Å². The Morgan fingerprint density at radius 2 is 1.78 bits per heavy atom. The molecule has 1 heterocycles. The van der Waals surface area contributed by atoms with Crippen LogP contribution in [0.15, 0.2) is 8.42 Å². The number of thiol groups is 1. The SMILES string of the molecule is COCCOCCOCCSc1sc(=S)sc1S. The Balaban J connectivity index is 1.96. The predicted molar refractivity (Wildman–Crippen MR) is 84.5 cm³/mol. The van der Waals surface area contributed by atoms with Gasteiger partial charge in [0.2, 0.25) is 0 Å². The van der Waals surface area contributed by atoms with Gasteiger partial charge >= 0.3 is 0 Å². The second kappa shape index (κ2) is 10.6. The van der Waals surface area contributed by atoms with Crippen molar-refractivity contribution >= 4 is 59.3 Å². The molecule has 1 aromatic heterocycles. The largest absolute Gasteiger partial charge is 0.382 e. The zero-order valence-corrected chi connectivity index (χ0v) is 14.2. The van der Waals surface area contributed by atoms with Crippen LogP contribution in [-0.2, 0) is 14.2 Å². The fourth-order valence-corrected chi connectivity index (χ4v) is 5.75. The van der Waals surface area contributed by atoms with Gasteiger partial charge in [-0.05, 0) is 0 Å². The van der Waals surface area contributed by atoms with Crippen LogP contribution >= 0.6 is 59.3 Å². The molecule has 0 aliphatic carbocycles. The van der Waals surface area contributed by atoms with Gasteiger partial charge in [0.05, 0.1) is 41.5 Å². The van der Waals surface area contributed by atoms with E-state index in [1.807, 2.05) is 0 Å². The van der Waals surface area contributed by atoms with Gasteiger partial charge in [0.25, 0.3) is 0 Å². The van der Waals surface area contributed by atoms with Crippen LogP contribution in [0.4, 0.5) is 0 Å². The number of ether oxygens (including phenoxy) is 3. The van der Waals surface area contributed by atoms with Crippen molar-refractivity contribution in [2.24, 2.45) is 0 Å². The van der Waals surface area contributed by atoms with Gasteiger partial charge in [0.1, 0.15) is 3.14 Å². The minimum atomic E-state index is 0.614. The first-order valence-corrected chi connectivity index (χ1v) is 8.81. The van der Waals surface area contributed by atoms with Gasteiger partial charge in [-0.3, -0.25) is 0 Å². The first-order valence-electron chi connectivity index (χ1n) is 5.34. The van der Waals surface area contributed by atoms with Crippen LogP contribution in [0.5, 0.6) is 0 Å². The van der Waals surface area contributed by atoms with Crippen molar-refractivity contribution in [3.8, 4) is 0 Å². The molecule has 18 heavy (non-hydrogen) atoms. The van der Waals surface area contributed by atoms with E-state index >= 15 is 0 Å². The summed E-state index contributed by atoms with van der Waals surface area (Å²) in [5, 5.41) is 0. The summed E-state index contributed by atoms with van der Waals surface area (Å²) in [5.41, 5.74) is 0. The lowest BCUT2D eigenvalue weighted by atomic mass is 10.7. The van der Waals surface area contributed by atoms with E-state index in [0.717, 1.165) is 13.1 Å². The maximum atomic E-state index is 5.45. The average Bonchev–Trinajstić information content (AvgIpc) is 2.66. The first kappa shape index (κ1) is 16.9. The lowest BCUT2D eigenvalue weighted by Gasteiger charge is -2.05. The van der Waals surface area contributed by atoms with Gasteiger partial charge in [-0.25, -0.2) is 0 Å². The summed E-state index contributed by atoms with van der Waals surface area (Å²) < 4.78 is 18.7. The summed E-state index contributed by atoms with van der Waals surface area (Å²) in [4.78, 5) is 0. The summed E-state index contributed by atoms with van der Waals surface area (Å²) >= 11 is 14.4. The first-order chi connectivity index (χ1) is 8.74. The molecule has 0 bridgehead atoms. The number of hydrogen-bond donors (Lipinski definition) is 1. The molecule has 0 saturated heterocycles. The molecule has 0 aromatic carbocycles. The highest BCUT2D eigenvalue weighted by molar-refractivity contribution is 8.02. The molecule has 0 atom stereocenters. The highest BCUT2D eigenvalue weighted by Crippen LogP contribution is 2.36. The third-order valence-corrected chi connectivity index (χ3v) is 6.41. The smallest absolute Gasteiger partial charge is 0.145 e. The Bertz CT molecular complexity index is 376. The molecule has 0 unspecified atom stereocenters. The fourth-order valence-electron chi connectivity index (χ4n) is 1.01. The van der Waals surface area contributed by atoms with Crippen molar-refractivity contribution in [3.63, 3.8) is 0 Å². The summed E-state index contributed by atoms with van der Waals surface area (Å²) in [6.45, 7) is 3.20. The molecule has 104 valence electrons. The third kappa shape index (κ3) is 7.44. The lowest BCUT2D eigenvalue weighted by molar-refractivity contribution is 0.0286. The monoisotopic (exact) mass is 344 g/mol. The second-order valence-electron chi connectivity index (χ2n) is 3.11. The number of hydrogen-bond acceptors (Lipinski definition) is 8. The van der Waals surface area contributed by atoms with Crippen molar-refractivity contribution < 1.29 is 14.2 Å². The molecule has 1 rings (SSSR count). The van der Waals surface area contributed by atoms with E-state index in [2.05, 4.69) is 12.6 Å². The lowest BCUT2D eigenvalue weighted by Crippen LogP contribution is -2.09.